The highest BCUT2D eigenvalue weighted by Crippen LogP contribution is 2.32. The maximum atomic E-state index is 14.1. The number of fused-ring (bicyclic) bond motifs is 1. The fraction of sp³-hybridized carbons (Fsp3) is 0.400. The van der Waals surface area contributed by atoms with E-state index in [9.17, 15) is 4.39 Å². The van der Waals surface area contributed by atoms with Crippen molar-refractivity contribution < 1.29 is 18.6 Å². The molecule has 2 aromatic carbocycles. The van der Waals surface area contributed by atoms with Crippen molar-refractivity contribution in [2.75, 3.05) is 26.8 Å². The molecule has 2 saturated heterocycles. The number of nitrogens with zero attached hydrogens (tertiary/aromatic N) is 4. The number of benzene rings is 2. The van der Waals surface area contributed by atoms with Crippen LogP contribution in [0.3, 0.4) is 0 Å². The Morgan fingerprint density at radius 1 is 1.10 bits per heavy atom. The Morgan fingerprint density at radius 2 is 1.93 bits per heavy atom. The number of rotatable bonds is 9. The van der Waals surface area contributed by atoms with Crippen LogP contribution in [0.15, 0.2) is 48.5 Å². The number of aromatic nitrogens is 3. The normalized spacial score (nSPS) is 18.1. The second-order valence-corrected chi connectivity index (χ2v) is 12.1. The molecule has 2 aliphatic rings. The molecule has 4 heterocycles. The summed E-state index contributed by atoms with van der Waals surface area (Å²) in [7, 11) is 1.70. The standard InChI is InChI=1S/C30H31ClFIN4O3/c1-38-27-15-22(33)14-26-30(27)35-28(37(26)16-23-9-12-39-23)17-36-10-7-19(8-11-36)25-3-2-4-29(34-25)40-18-20-5-6-21(31)13-24(20)32/h2-6,13-15,19,23H,7-12,16-18H2,1H3/t23-/m0/s1. The second-order valence-electron chi connectivity index (χ2n) is 10.4. The summed E-state index contributed by atoms with van der Waals surface area (Å²) in [6.45, 7) is 4.42. The quantitative estimate of drug-likeness (QED) is 0.187. The van der Waals surface area contributed by atoms with Crippen molar-refractivity contribution in [2.24, 2.45) is 0 Å². The molecule has 1 atom stereocenters. The first kappa shape index (κ1) is 27.7. The largest absolute Gasteiger partial charge is 0.494 e. The third-order valence-electron chi connectivity index (χ3n) is 7.77. The van der Waals surface area contributed by atoms with Gasteiger partial charge >= 0.3 is 0 Å². The lowest BCUT2D eigenvalue weighted by Crippen LogP contribution is -2.35. The average Bonchev–Trinajstić information content (AvgIpc) is 3.26. The second kappa shape index (κ2) is 12.2. The molecule has 210 valence electrons. The van der Waals surface area contributed by atoms with Crippen molar-refractivity contribution in [1.29, 1.82) is 0 Å². The Kier molecular flexibility index (Phi) is 8.43. The predicted octanol–water partition coefficient (Wildman–Crippen LogP) is 6.58. The van der Waals surface area contributed by atoms with Gasteiger partial charge in [-0.3, -0.25) is 4.90 Å². The van der Waals surface area contributed by atoms with Crippen LogP contribution >= 0.6 is 34.2 Å². The third kappa shape index (κ3) is 6.07. The first-order valence-electron chi connectivity index (χ1n) is 13.6. The minimum atomic E-state index is -0.377. The molecule has 0 saturated carbocycles. The van der Waals surface area contributed by atoms with Crippen LogP contribution in [0.4, 0.5) is 4.39 Å². The van der Waals surface area contributed by atoms with Gasteiger partial charge in [-0.1, -0.05) is 23.7 Å². The van der Waals surface area contributed by atoms with Crippen molar-refractivity contribution >= 4 is 45.2 Å². The van der Waals surface area contributed by atoms with Crippen molar-refractivity contribution in [3.05, 3.63) is 80.0 Å². The molecular weight excluding hydrogens is 646 g/mol. The third-order valence-corrected chi connectivity index (χ3v) is 8.63. The molecule has 0 amide bonds. The Morgan fingerprint density at radius 3 is 2.65 bits per heavy atom. The summed E-state index contributed by atoms with van der Waals surface area (Å²) < 4.78 is 34.8. The van der Waals surface area contributed by atoms with E-state index in [1.807, 2.05) is 18.2 Å². The van der Waals surface area contributed by atoms with Crippen molar-refractivity contribution in [2.45, 2.75) is 51.0 Å². The van der Waals surface area contributed by atoms with E-state index in [0.29, 0.717) is 22.4 Å². The van der Waals surface area contributed by atoms with Gasteiger partial charge in [0, 0.05) is 38.4 Å². The van der Waals surface area contributed by atoms with Crippen LogP contribution in [-0.2, 0) is 24.4 Å². The van der Waals surface area contributed by atoms with Gasteiger partial charge in [0.25, 0.3) is 0 Å². The highest BCUT2D eigenvalue weighted by atomic mass is 127. The van der Waals surface area contributed by atoms with E-state index < -0.39 is 0 Å². The van der Waals surface area contributed by atoms with E-state index in [4.69, 9.17) is 35.8 Å². The van der Waals surface area contributed by atoms with Crippen LogP contribution in [-0.4, -0.2) is 52.3 Å². The Bertz CT molecular complexity index is 1500. The minimum Gasteiger partial charge on any atom is -0.494 e. The van der Waals surface area contributed by atoms with Gasteiger partial charge in [-0.2, -0.15) is 0 Å². The molecule has 2 aromatic heterocycles. The predicted molar refractivity (Wildman–Crippen MR) is 161 cm³/mol. The molecule has 0 bridgehead atoms. The summed E-state index contributed by atoms with van der Waals surface area (Å²) in [4.78, 5) is 12.3. The summed E-state index contributed by atoms with van der Waals surface area (Å²) in [6.07, 6.45) is 3.31. The average molecular weight is 677 g/mol. The van der Waals surface area contributed by atoms with E-state index in [0.717, 1.165) is 83.9 Å². The van der Waals surface area contributed by atoms with Crippen LogP contribution in [0.25, 0.3) is 11.0 Å². The Balaban J connectivity index is 1.12. The smallest absolute Gasteiger partial charge is 0.213 e. The maximum absolute atomic E-state index is 14.1. The number of hydrogen-bond acceptors (Lipinski definition) is 6. The van der Waals surface area contributed by atoms with Crippen LogP contribution in [0, 0.1) is 9.39 Å². The van der Waals surface area contributed by atoms with Crippen LogP contribution in [0.5, 0.6) is 11.6 Å². The topological polar surface area (TPSA) is 61.6 Å². The molecule has 0 unspecified atom stereocenters. The lowest BCUT2D eigenvalue weighted by atomic mass is 9.93. The van der Waals surface area contributed by atoms with Crippen molar-refractivity contribution in [3.63, 3.8) is 0 Å². The van der Waals surface area contributed by atoms with E-state index in [2.05, 4.69) is 44.2 Å². The number of likely N-dealkylation sites (tertiary alicyclic amines) is 1. The van der Waals surface area contributed by atoms with Gasteiger partial charge in [0.15, 0.2) is 0 Å². The van der Waals surface area contributed by atoms with Gasteiger partial charge in [0.2, 0.25) is 5.88 Å². The highest BCUT2D eigenvalue weighted by molar-refractivity contribution is 14.1. The lowest BCUT2D eigenvalue weighted by Gasteiger charge is -2.32. The summed E-state index contributed by atoms with van der Waals surface area (Å²) in [6, 6.07) is 14.7. The van der Waals surface area contributed by atoms with E-state index in [1.54, 1.807) is 19.2 Å². The monoisotopic (exact) mass is 676 g/mol. The summed E-state index contributed by atoms with van der Waals surface area (Å²) in [5.74, 6) is 2.33. The van der Waals surface area contributed by atoms with Crippen LogP contribution < -0.4 is 9.47 Å². The zero-order valence-corrected chi connectivity index (χ0v) is 25.2. The van der Waals surface area contributed by atoms with E-state index in [-0.39, 0.29) is 18.5 Å². The molecule has 4 aromatic rings. The number of imidazole rings is 1. The number of ether oxygens (including phenoxy) is 3. The van der Waals surface area contributed by atoms with Crippen LogP contribution in [0.1, 0.15) is 42.3 Å². The zero-order chi connectivity index (χ0) is 27.6. The molecule has 10 heteroatoms. The van der Waals surface area contributed by atoms with Crippen LogP contribution in [0.2, 0.25) is 5.02 Å². The fourth-order valence-corrected chi connectivity index (χ4v) is 6.17. The van der Waals surface area contributed by atoms with Gasteiger partial charge in [0.1, 0.15) is 29.5 Å². The van der Waals surface area contributed by atoms with Gasteiger partial charge in [-0.05, 0) is 85.3 Å². The molecule has 40 heavy (non-hydrogen) atoms. The summed E-state index contributed by atoms with van der Waals surface area (Å²) >= 11 is 8.19. The molecule has 0 N–H and O–H groups in total. The number of halogens is 3. The summed E-state index contributed by atoms with van der Waals surface area (Å²) in [5.41, 5.74) is 3.48. The maximum Gasteiger partial charge on any atom is 0.213 e. The fourth-order valence-electron chi connectivity index (χ4n) is 5.44. The Hall–Kier alpha value is -2.47. The van der Waals surface area contributed by atoms with E-state index in [1.165, 1.54) is 6.07 Å². The Labute approximate surface area is 251 Å². The highest BCUT2D eigenvalue weighted by Gasteiger charge is 2.26. The molecule has 2 fully saturated rings. The van der Waals surface area contributed by atoms with Gasteiger partial charge in [-0.25, -0.2) is 14.4 Å². The molecule has 0 radical (unpaired) electrons. The number of pyridine rings is 1. The molecule has 6 rings (SSSR count). The number of methoxy groups -OCH3 is 1. The SMILES string of the molecule is COc1cc(I)cc2c1nc(CN1CCC(c3cccc(OCc4ccc(Cl)cc4F)n3)CC1)n2C[C@@H]1CCO1. The summed E-state index contributed by atoms with van der Waals surface area (Å²) in [5, 5.41) is 0.367. The van der Waals surface area contributed by atoms with Gasteiger partial charge in [0.05, 0.1) is 31.8 Å². The first-order chi connectivity index (χ1) is 19.5. The van der Waals surface area contributed by atoms with Crippen molar-refractivity contribution in [1.82, 2.24) is 19.4 Å². The van der Waals surface area contributed by atoms with E-state index >= 15 is 0 Å². The zero-order valence-electron chi connectivity index (χ0n) is 22.3. The molecule has 7 nitrogen and oxygen atoms in total. The minimum absolute atomic E-state index is 0.106. The first-order valence-corrected chi connectivity index (χ1v) is 15.0. The number of hydrogen-bond donors (Lipinski definition) is 0. The lowest BCUT2D eigenvalue weighted by molar-refractivity contribution is -0.0592. The molecular formula is C30H31ClFIN4O3. The molecule has 0 spiro atoms. The molecule has 0 aliphatic carbocycles. The van der Waals surface area contributed by atoms with Gasteiger partial charge in [-0.15, -0.1) is 0 Å². The van der Waals surface area contributed by atoms with Crippen molar-refractivity contribution in [3.8, 4) is 11.6 Å². The van der Waals surface area contributed by atoms with Gasteiger partial charge < -0.3 is 18.8 Å². The number of piperidine rings is 1. The molecule has 2 aliphatic heterocycles.